The van der Waals surface area contributed by atoms with Crippen LogP contribution < -0.4 is 0 Å². The molecule has 0 saturated heterocycles. The van der Waals surface area contributed by atoms with Gasteiger partial charge in [0, 0.05) is 40.2 Å². The molecule has 41 heavy (non-hydrogen) atoms. The maximum atomic E-state index is 6.62. The smallest absolute Gasteiger partial charge is 0.160 e. The highest BCUT2D eigenvalue weighted by Crippen LogP contribution is 2.49. The van der Waals surface area contributed by atoms with Crippen LogP contribution in [0.5, 0.6) is 0 Å². The number of allylic oxidation sites excluding steroid dienone is 5. The number of rotatable bonds is 3. The molecule has 3 aliphatic carbocycles. The molecule has 9 rings (SSSR count). The van der Waals surface area contributed by atoms with E-state index in [1.54, 1.807) is 0 Å². The summed E-state index contributed by atoms with van der Waals surface area (Å²) < 4.78 is 6.62. The molecule has 6 aromatic rings. The largest absolute Gasteiger partial charge is 0.460 e. The van der Waals surface area contributed by atoms with Gasteiger partial charge in [0.15, 0.2) is 5.82 Å². The summed E-state index contributed by atoms with van der Waals surface area (Å²) in [6.07, 6.45) is 12.7. The van der Waals surface area contributed by atoms with E-state index in [1.165, 1.54) is 27.8 Å². The number of benzene rings is 4. The minimum atomic E-state index is 0.158. The minimum absolute atomic E-state index is 0.158. The van der Waals surface area contributed by atoms with E-state index in [1.807, 2.05) is 0 Å². The maximum Gasteiger partial charge on any atom is 0.160 e. The fraction of sp³-hybridized carbons (Fsp3) is 0.105. The monoisotopic (exact) mass is 526 g/mol. The first-order chi connectivity index (χ1) is 20.3. The van der Waals surface area contributed by atoms with E-state index in [-0.39, 0.29) is 11.8 Å². The van der Waals surface area contributed by atoms with Gasteiger partial charge >= 0.3 is 0 Å². The third-order valence-electron chi connectivity index (χ3n) is 8.88. The average Bonchev–Trinajstić information content (AvgIpc) is 3.76. The van der Waals surface area contributed by atoms with Crippen molar-refractivity contribution in [2.24, 2.45) is 0 Å². The number of nitrogens with zero attached hydrogens (tertiary/aromatic N) is 2. The zero-order chi connectivity index (χ0) is 26.9. The standard InChI is InChI=1S/C38H26N2O/c1-2-11-23(10-1)37-29-16-7-8-18-32(29)39-38(40-37)31-17-9-19-33-36(31)30-21-20-24(22-34(30)41-33)35-27-14-5-3-12-25(27)26-13-4-6-15-28(26)35/h1-8,10-18,20-23,35H,9,19H2. The molecular weight excluding hydrogens is 500 g/mol. The number of aryl methyl sites for hydroxylation is 1. The van der Waals surface area contributed by atoms with E-state index < -0.39 is 0 Å². The van der Waals surface area contributed by atoms with Gasteiger partial charge in [-0.25, -0.2) is 9.97 Å². The topological polar surface area (TPSA) is 38.9 Å². The van der Waals surface area contributed by atoms with Crippen LogP contribution in [0.2, 0.25) is 0 Å². The van der Waals surface area contributed by atoms with Gasteiger partial charge in [0.25, 0.3) is 0 Å². The molecule has 3 heteroatoms. The molecule has 0 saturated carbocycles. The summed E-state index contributed by atoms with van der Waals surface area (Å²) in [5.74, 6) is 2.16. The summed E-state index contributed by atoms with van der Waals surface area (Å²) >= 11 is 0. The van der Waals surface area contributed by atoms with Crippen LogP contribution in [0.1, 0.15) is 57.8 Å². The number of hydrogen-bond acceptors (Lipinski definition) is 3. The summed E-state index contributed by atoms with van der Waals surface area (Å²) in [6.45, 7) is 0. The van der Waals surface area contributed by atoms with Gasteiger partial charge in [0.1, 0.15) is 11.3 Å². The summed E-state index contributed by atoms with van der Waals surface area (Å²) in [5, 5.41) is 2.24. The van der Waals surface area contributed by atoms with E-state index in [0.29, 0.717) is 0 Å². The second-order valence-corrected chi connectivity index (χ2v) is 11.2. The van der Waals surface area contributed by atoms with Crippen molar-refractivity contribution in [3.05, 3.63) is 161 Å². The quantitative estimate of drug-likeness (QED) is 0.230. The molecule has 2 heterocycles. The highest BCUT2D eigenvalue weighted by Gasteiger charge is 2.31. The Hall–Kier alpha value is -5.02. The molecule has 0 radical (unpaired) electrons. The van der Waals surface area contributed by atoms with Gasteiger partial charge in [-0.2, -0.15) is 0 Å². The zero-order valence-corrected chi connectivity index (χ0v) is 22.4. The second-order valence-electron chi connectivity index (χ2n) is 11.2. The lowest BCUT2D eigenvalue weighted by molar-refractivity contribution is 0.545. The number of fused-ring (bicyclic) bond motifs is 7. The van der Waals surface area contributed by atoms with E-state index >= 15 is 0 Å². The van der Waals surface area contributed by atoms with Gasteiger partial charge in [0.2, 0.25) is 0 Å². The van der Waals surface area contributed by atoms with Gasteiger partial charge in [-0.15, -0.1) is 0 Å². The molecule has 0 spiro atoms. The third-order valence-corrected chi connectivity index (χ3v) is 8.88. The van der Waals surface area contributed by atoms with E-state index in [9.17, 15) is 0 Å². The predicted molar refractivity (Wildman–Crippen MR) is 165 cm³/mol. The second kappa shape index (κ2) is 8.74. The highest BCUT2D eigenvalue weighted by molar-refractivity contribution is 5.98. The van der Waals surface area contributed by atoms with Gasteiger partial charge in [-0.05, 0) is 46.4 Å². The molecule has 0 atom stereocenters. The molecule has 0 aliphatic heterocycles. The summed E-state index contributed by atoms with van der Waals surface area (Å²) in [4.78, 5) is 10.3. The molecule has 194 valence electrons. The molecule has 0 bridgehead atoms. The Morgan fingerprint density at radius 1 is 0.707 bits per heavy atom. The summed E-state index contributed by atoms with van der Waals surface area (Å²) in [6, 6.07) is 32.7. The lowest BCUT2D eigenvalue weighted by atomic mass is 9.88. The molecule has 3 aliphatic rings. The minimum Gasteiger partial charge on any atom is -0.460 e. The van der Waals surface area contributed by atoms with Crippen molar-refractivity contribution < 1.29 is 4.42 Å². The Morgan fingerprint density at radius 2 is 1.44 bits per heavy atom. The van der Waals surface area contributed by atoms with Crippen molar-refractivity contribution in [3.63, 3.8) is 0 Å². The van der Waals surface area contributed by atoms with Crippen molar-refractivity contribution in [3.8, 4) is 11.1 Å². The van der Waals surface area contributed by atoms with Crippen LogP contribution >= 0.6 is 0 Å². The van der Waals surface area contributed by atoms with E-state index in [0.717, 1.165) is 63.1 Å². The van der Waals surface area contributed by atoms with E-state index in [4.69, 9.17) is 14.4 Å². The van der Waals surface area contributed by atoms with Crippen LogP contribution in [0.4, 0.5) is 0 Å². The Labute approximate surface area is 238 Å². The van der Waals surface area contributed by atoms with Crippen LogP contribution in [0.15, 0.2) is 126 Å². The third kappa shape index (κ3) is 3.39. The normalized spacial score (nSPS) is 15.9. The van der Waals surface area contributed by atoms with Gasteiger partial charge in [-0.1, -0.05) is 109 Å². The lowest BCUT2D eigenvalue weighted by Crippen LogP contribution is -2.06. The Balaban J connectivity index is 1.19. The fourth-order valence-electron chi connectivity index (χ4n) is 7.07. The first kappa shape index (κ1) is 22.8. The predicted octanol–water partition coefficient (Wildman–Crippen LogP) is 9.12. The van der Waals surface area contributed by atoms with Gasteiger partial charge in [-0.3, -0.25) is 0 Å². The molecule has 2 aromatic heterocycles. The van der Waals surface area contributed by atoms with Gasteiger partial charge in [0.05, 0.1) is 11.2 Å². The van der Waals surface area contributed by atoms with Crippen LogP contribution in [-0.2, 0) is 6.42 Å². The molecule has 0 unspecified atom stereocenters. The van der Waals surface area contributed by atoms with Crippen LogP contribution in [-0.4, -0.2) is 9.97 Å². The number of furan rings is 1. The Morgan fingerprint density at radius 3 is 2.24 bits per heavy atom. The SMILES string of the molecule is C1=CC(c2nc(C3=CCCc4oc5cc(C6c7ccccc7-c7ccccc76)ccc5c43)nc3ccccc23)C=C1. The summed E-state index contributed by atoms with van der Waals surface area (Å²) in [5.41, 5.74) is 11.8. The molecule has 0 N–H and O–H groups in total. The fourth-order valence-corrected chi connectivity index (χ4v) is 7.07. The lowest BCUT2D eigenvalue weighted by Gasteiger charge is -2.16. The van der Waals surface area contributed by atoms with Gasteiger partial charge < -0.3 is 4.42 Å². The summed E-state index contributed by atoms with van der Waals surface area (Å²) in [7, 11) is 0. The molecule has 0 fully saturated rings. The number of para-hydroxylation sites is 1. The number of aromatic nitrogens is 2. The van der Waals surface area contributed by atoms with Crippen LogP contribution in [0.3, 0.4) is 0 Å². The van der Waals surface area contributed by atoms with Crippen molar-refractivity contribution in [2.45, 2.75) is 24.7 Å². The van der Waals surface area contributed by atoms with Crippen molar-refractivity contribution in [2.75, 3.05) is 0 Å². The Kier molecular flexibility index (Phi) is 4.85. The Bertz CT molecular complexity index is 2070. The van der Waals surface area contributed by atoms with Crippen molar-refractivity contribution in [1.82, 2.24) is 9.97 Å². The van der Waals surface area contributed by atoms with Crippen LogP contribution in [0, 0.1) is 0 Å². The molecular formula is C38H26N2O. The first-order valence-corrected chi connectivity index (χ1v) is 14.4. The average molecular weight is 527 g/mol. The molecule has 0 amide bonds. The highest BCUT2D eigenvalue weighted by atomic mass is 16.3. The first-order valence-electron chi connectivity index (χ1n) is 14.4. The van der Waals surface area contributed by atoms with Crippen LogP contribution in [0.25, 0.3) is 38.6 Å². The number of hydrogen-bond donors (Lipinski definition) is 0. The van der Waals surface area contributed by atoms with Crippen molar-refractivity contribution in [1.29, 1.82) is 0 Å². The van der Waals surface area contributed by atoms with Crippen molar-refractivity contribution >= 4 is 27.4 Å². The zero-order valence-electron chi connectivity index (χ0n) is 22.4. The molecule has 4 aromatic carbocycles. The molecule has 3 nitrogen and oxygen atoms in total. The maximum absolute atomic E-state index is 6.62. The van der Waals surface area contributed by atoms with E-state index in [2.05, 4.69) is 121 Å².